The van der Waals surface area contributed by atoms with Crippen LogP contribution in [0.15, 0.2) is 18.2 Å². The molecule has 0 N–H and O–H groups in total. The fourth-order valence-electron chi connectivity index (χ4n) is 1.89. The van der Waals surface area contributed by atoms with E-state index in [9.17, 15) is 4.79 Å². The van der Waals surface area contributed by atoms with Crippen LogP contribution in [0.4, 0.5) is 0 Å². The maximum Gasteiger partial charge on any atom is 0.248 e. The summed E-state index contributed by atoms with van der Waals surface area (Å²) in [5.41, 5.74) is 1.40. The molecule has 1 heterocycles. The second-order valence-corrected chi connectivity index (χ2v) is 4.01. The lowest BCUT2D eigenvalue weighted by molar-refractivity contribution is -0.143. The third kappa shape index (κ3) is 2.60. The Morgan fingerprint density at radius 2 is 2.39 bits per heavy atom. The fourth-order valence-corrected chi connectivity index (χ4v) is 1.89. The molecule has 1 aromatic carbocycles. The predicted octanol–water partition coefficient (Wildman–Crippen LogP) is 0.926. The van der Waals surface area contributed by atoms with E-state index in [4.69, 9.17) is 14.7 Å². The van der Waals surface area contributed by atoms with Crippen LogP contribution in [0.25, 0.3) is 0 Å². The van der Waals surface area contributed by atoms with Gasteiger partial charge in [0.25, 0.3) is 0 Å². The SMILES string of the molecule is COc1ccc(C#N)cc1CN1CCOCC1=O. The van der Waals surface area contributed by atoms with Gasteiger partial charge >= 0.3 is 0 Å². The van der Waals surface area contributed by atoms with Gasteiger partial charge in [-0.05, 0) is 18.2 Å². The van der Waals surface area contributed by atoms with Gasteiger partial charge in [0.15, 0.2) is 0 Å². The minimum Gasteiger partial charge on any atom is -0.496 e. The normalized spacial score (nSPS) is 15.3. The lowest BCUT2D eigenvalue weighted by Crippen LogP contribution is -2.41. The van der Waals surface area contributed by atoms with E-state index in [-0.39, 0.29) is 12.5 Å². The van der Waals surface area contributed by atoms with Crippen LogP contribution in [0.1, 0.15) is 11.1 Å². The number of carbonyl (C=O) groups is 1. The van der Waals surface area contributed by atoms with E-state index in [1.165, 1.54) is 0 Å². The third-order valence-corrected chi connectivity index (χ3v) is 2.85. The molecule has 0 spiro atoms. The van der Waals surface area contributed by atoms with Crippen LogP contribution in [0, 0.1) is 11.3 Å². The zero-order valence-electron chi connectivity index (χ0n) is 10.2. The molecule has 1 amide bonds. The molecule has 1 aromatic rings. The van der Waals surface area contributed by atoms with Crippen LogP contribution in [0.5, 0.6) is 5.75 Å². The number of benzene rings is 1. The number of hydrogen-bond donors (Lipinski definition) is 0. The average Bonchev–Trinajstić information content (AvgIpc) is 2.41. The van der Waals surface area contributed by atoms with E-state index in [1.54, 1.807) is 30.2 Å². The summed E-state index contributed by atoms with van der Waals surface area (Å²) in [5, 5.41) is 8.89. The zero-order chi connectivity index (χ0) is 13.0. The van der Waals surface area contributed by atoms with Crippen molar-refractivity contribution in [3.63, 3.8) is 0 Å². The first-order chi connectivity index (χ1) is 8.74. The van der Waals surface area contributed by atoms with Gasteiger partial charge in [-0.2, -0.15) is 5.26 Å². The predicted molar refractivity (Wildman–Crippen MR) is 63.9 cm³/mol. The quantitative estimate of drug-likeness (QED) is 0.795. The fraction of sp³-hybridized carbons (Fsp3) is 0.385. The van der Waals surface area contributed by atoms with Crippen LogP contribution in [-0.2, 0) is 16.1 Å². The average molecular weight is 246 g/mol. The Kier molecular flexibility index (Phi) is 3.80. The molecule has 1 aliphatic heterocycles. The maximum atomic E-state index is 11.6. The molecule has 0 saturated carbocycles. The van der Waals surface area contributed by atoms with Crippen molar-refractivity contribution in [2.24, 2.45) is 0 Å². The second kappa shape index (κ2) is 5.52. The number of methoxy groups -OCH3 is 1. The molecule has 0 bridgehead atoms. The second-order valence-electron chi connectivity index (χ2n) is 4.01. The Bertz CT molecular complexity index is 493. The van der Waals surface area contributed by atoms with Crippen LogP contribution in [-0.4, -0.2) is 37.7 Å². The number of nitrogens with zero attached hydrogens (tertiary/aromatic N) is 2. The minimum absolute atomic E-state index is 0.0364. The Hall–Kier alpha value is -2.06. The van der Waals surface area contributed by atoms with E-state index in [0.717, 1.165) is 5.56 Å². The topological polar surface area (TPSA) is 62.6 Å². The number of morpholine rings is 1. The van der Waals surface area contributed by atoms with Crippen molar-refractivity contribution >= 4 is 5.91 Å². The summed E-state index contributed by atoms with van der Waals surface area (Å²) in [7, 11) is 1.58. The molecule has 0 atom stereocenters. The molecule has 2 rings (SSSR count). The molecular weight excluding hydrogens is 232 g/mol. The van der Waals surface area contributed by atoms with Crippen molar-refractivity contribution < 1.29 is 14.3 Å². The van der Waals surface area contributed by atoms with Crippen molar-refractivity contribution in [2.45, 2.75) is 6.54 Å². The van der Waals surface area contributed by atoms with Gasteiger partial charge in [0, 0.05) is 18.7 Å². The summed E-state index contributed by atoms with van der Waals surface area (Å²) >= 11 is 0. The Balaban J connectivity index is 2.21. The van der Waals surface area contributed by atoms with Gasteiger partial charge in [-0.15, -0.1) is 0 Å². The number of amides is 1. The molecule has 94 valence electrons. The standard InChI is InChI=1S/C13H14N2O3/c1-17-12-3-2-10(7-14)6-11(12)8-15-4-5-18-9-13(15)16/h2-3,6H,4-5,8-9H2,1H3. The van der Waals surface area contributed by atoms with Gasteiger partial charge in [0.1, 0.15) is 12.4 Å². The van der Waals surface area contributed by atoms with Gasteiger partial charge in [0.2, 0.25) is 5.91 Å². The molecule has 1 saturated heterocycles. The summed E-state index contributed by atoms with van der Waals surface area (Å²) in [6.07, 6.45) is 0. The Labute approximate surface area is 106 Å². The van der Waals surface area contributed by atoms with E-state index in [0.29, 0.717) is 31.0 Å². The number of ether oxygens (including phenoxy) is 2. The van der Waals surface area contributed by atoms with Crippen LogP contribution >= 0.6 is 0 Å². The van der Waals surface area contributed by atoms with Crippen LogP contribution in [0.3, 0.4) is 0 Å². The van der Waals surface area contributed by atoms with E-state index in [1.807, 2.05) is 0 Å². The van der Waals surface area contributed by atoms with Gasteiger partial charge in [-0.3, -0.25) is 4.79 Å². The highest BCUT2D eigenvalue weighted by Crippen LogP contribution is 2.22. The van der Waals surface area contributed by atoms with Gasteiger partial charge in [0.05, 0.1) is 25.3 Å². The molecule has 0 aliphatic carbocycles. The molecule has 0 aromatic heterocycles. The van der Waals surface area contributed by atoms with Crippen LogP contribution in [0.2, 0.25) is 0 Å². The largest absolute Gasteiger partial charge is 0.496 e. The molecular formula is C13H14N2O3. The Morgan fingerprint density at radius 3 is 3.06 bits per heavy atom. The maximum absolute atomic E-state index is 11.6. The molecule has 0 unspecified atom stereocenters. The first kappa shape index (κ1) is 12.4. The van der Waals surface area contributed by atoms with E-state index >= 15 is 0 Å². The van der Waals surface area contributed by atoms with Gasteiger partial charge in [-0.1, -0.05) is 0 Å². The molecule has 5 heteroatoms. The lowest BCUT2D eigenvalue weighted by Gasteiger charge is -2.27. The first-order valence-electron chi connectivity index (χ1n) is 5.67. The monoisotopic (exact) mass is 246 g/mol. The molecule has 1 aliphatic rings. The molecule has 1 fully saturated rings. The number of carbonyl (C=O) groups excluding carboxylic acids is 1. The summed E-state index contributed by atoms with van der Waals surface area (Å²) in [6.45, 7) is 1.69. The summed E-state index contributed by atoms with van der Waals surface area (Å²) < 4.78 is 10.3. The number of nitriles is 1. The Morgan fingerprint density at radius 1 is 1.56 bits per heavy atom. The summed E-state index contributed by atoms with van der Waals surface area (Å²) in [4.78, 5) is 13.4. The van der Waals surface area contributed by atoms with Crippen molar-refractivity contribution in [3.8, 4) is 11.8 Å². The molecule has 5 nitrogen and oxygen atoms in total. The lowest BCUT2D eigenvalue weighted by atomic mass is 10.1. The summed E-state index contributed by atoms with van der Waals surface area (Å²) in [5.74, 6) is 0.652. The van der Waals surface area contributed by atoms with Crippen molar-refractivity contribution in [1.29, 1.82) is 5.26 Å². The highest BCUT2D eigenvalue weighted by Gasteiger charge is 2.20. The van der Waals surface area contributed by atoms with E-state index < -0.39 is 0 Å². The highest BCUT2D eigenvalue weighted by atomic mass is 16.5. The summed E-state index contributed by atoms with van der Waals surface area (Å²) in [6, 6.07) is 7.28. The molecule has 0 radical (unpaired) electrons. The van der Waals surface area contributed by atoms with Crippen molar-refractivity contribution in [3.05, 3.63) is 29.3 Å². The highest BCUT2D eigenvalue weighted by molar-refractivity contribution is 5.78. The minimum atomic E-state index is -0.0364. The van der Waals surface area contributed by atoms with Gasteiger partial charge in [-0.25, -0.2) is 0 Å². The number of hydrogen-bond acceptors (Lipinski definition) is 4. The number of rotatable bonds is 3. The molecule has 18 heavy (non-hydrogen) atoms. The third-order valence-electron chi connectivity index (χ3n) is 2.85. The van der Waals surface area contributed by atoms with Crippen molar-refractivity contribution in [2.75, 3.05) is 26.9 Å². The zero-order valence-corrected chi connectivity index (χ0v) is 10.2. The van der Waals surface area contributed by atoms with E-state index in [2.05, 4.69) is 6.07 Å². The van der Waals surface area contributed by atoms with Gasteiger partial charge < -0.3 is 14.4 Å². The van der Waals surface area contributed by atoms with Crippen LogP contribution < -0.4 is 4.74 Å². The smallest absolute Gasteiger partial charge is 0.248 e. The van der Waals surface area contributed by atoms with Crippen molar-refractivity contribution in [1.82, 2.24) is 4.90 Å². The first-order valence-corrected chi connectivity index (χ1v) is 5.67.